The molecule has 1 aromatic rings. The van der Waals surface area contributed by atoms with Gasteiger partial charge in [-0.3, -0.25) is 14.4 Å². The van der Waals surface area contributed by atoms with Gasteiger partial charge in [0.05, 0.1) is 25.1 Å². The summed E-state index contributed by atoms with van der Waals surface area (Å²) < 4.78 is 6.60. The van der Waals surface area contributed by atoms with E-state index in [-0.39, 0.29) is 30.0 Å². The summed E-state index contributed by atoms with van der Waals surface area (Å²) in [6.07, 6.45) is 2.77. The number of amides is 1. The Morgan fingerprint density at radius 2 is 2.08 bits per heavy atom. The third-order valence-corrected chi connectivity index (χ3v) is 6.10. The number of hydrogen-bond donors (Lipinski definition) is 1. The van der Waals surface area contributed by atoms with Crippen LogP contribution in [0, 0.1) is 17.8 Å². The van der Waals surface area contributed by atoms with Crippen LogP contribution in [0.5, 0.6) is 0 Å². The zero-order valence-corrected chi connectivity index (χ0v) is 14.1. The lowest BCUT2D eigenvalue weighted by Gasteiger charge is -2.41. The molecule has 0 unspecified atom stereocenters. The second-order valence-electron chi connectivity index (χ2n) is 7.18. The summed E-state index contributed by atoms with van der Waals surface area (Å²) in [5.41, 5.74) is 0.508. The molecule has 2 fully saturated rings. The number of carbonyl (C=O) groups excluding carboxylic acids is 2. The van der Waals surface area contributed by atoms with E-state index < -0.39 is 23.8 Å². The Morgan fingerprint density at radius 1 is 1.32 bits per heavy atom. The van der Waals surface area contributed by atoms with Gasteiger partial charge in [-0.05, 0) is 18.9 Å². The van der Waals surface area contributed by atoms with E-state index in [1.54, 1.807) is 21.6 Å². The number of nitrogens with zero attached hydrogens (tertiary/aromatic N) is 2. The molecule has 1 N–H and O–H groups in total. The fraction of sp³-hybridized carbons (Fsp3) is 0.611. The number of aliphatic hydroxyl groups is 1. The lowest BCUT2D eigenvalue weighted by Crippen LogP contribution is -2.51. The van der Waals surface area contributed by atoms with Gasteiger partial charge in [-0.25, -0.2) is 0 Å². The third kappa shape index (κ3) is 2.25. The van der Waals surface area contributed by atoms with E-state index in [1.807, 2.05) is 0 Å². The summed E-state index contributed by atoms with van der Waals surface area (Å²) >= 11 is 0. The molecule has 1 amide bonds. The average Bonchev–Trinajstić information content (AvgIpc) is 2.80. The van der Waals surface area contributed by atoms with Gasteiger partial charge in [0.15, 0.2) is 0 Å². The Kier molecular flexibility index (Phi) is 3.91. The topological polar surface area (TPSA) is 88.8 Å². The van der Waals surface area contributed by atoms with Crippen LogP contribution in [0.25, 0.3) is 0 Å². The molecule has 2 aliphatic heterocycles. The van der Waals surface area contributed by atoms with Gasteiger partial charge in [-0.2, -0.15) is 0 Å². The van der Waals surface area contributed by atoms with E-state index in [0.29, 0.717) is 12.2 Å². The normalized spacial score (nSPS) is 30.6. The summed E-state index contributed by atoms with van der Waals surface area (Å²) in [5.74, 6) is -1.50. The fourth-order valence-corrected chi connectivity index (χ4v) is 4.63. The lowest BCUT2D eigenvalue weighted by atomic mass is 9.83. The standard InChI is InChI=1S/C18H22N2O5/c1-25-18(24)15-11(9-21)13-8-19-12(6-3-7-14(19)22)16(15)20(13)17(23)10-4-2-5-10/h3,6-7,10-11,13,15-16,21H,2,4-5,8-9H2,1H3/t11-,13-,15+,16+/m1/s1. The van der Waals surface area contributed by atoms with E-state index in [9.17, 15) is 19.5 Å². The molecule has 7 nitrogen and oxygen atoms in total. The van der Waals surface area contributed by atoms with E-state index in [0.717, 1.165) is 19.3 Å². The second-order valence-corrected chi connectivity index (χ2v) is 7.18. The van der Waals surface area contributed by atoms with Crippen LogP contribution in [-0.2, 0) is 20.9 Å². The van der Waals surface area contributed by atoms with Crippen molar-refractivity contribution in [2.75, 3.05) is 13.7 Å². The van der Waals surface area contributed by atoms with E-state index in [2.05, 4.69) is 0 Å². The van der Waals surface area contributed by atoms with Crippen molar-refractivity contribution in [3.05, 3.63) is 34.2 Å². The van der Waals surface area contributed by atoms with Crippen molar-refractivity contribution in [2.45, 2.75) is 37.9 Å². The highest BCUT2D eigenvalue weighted by Crippen LogP contribution is 2.50. The predicted molar refractivity (Wildman–Crippen MR) is 87.5 cm³/mol. The first-order valence-electron chi connectivity index (χ1n) is 8.79. The molecule has 3 aliphatic rings. The molecule has 1 saturated carbocycles. The maximum Gasteiger partial charge on any atom is 0.311 e. The summed E-state index contributed by atoms with van der Waals surface area (Å²) in [5, 5.41) is 9.95. The Hall–Kier alpha value is -2.15. The number of methoxy groups -OCH3 is 1. The van der Waals surface area contributed by atoms with Crippen LogP contribution in [0.1, 0.15) is 31.0 Å². The molecule has 4 atom stereocenters. The lowest BCUT2D eigenvalue weighted by molar-refractivity contribution is -0.149. The molecule has 1 saturated heterocycles. The number of carbonyl (C=O) groups is 2. The average molecular weight is 346 g/mol. The SMILES string of the molecule is COC(=O)[C@H]1[C@H](CO)[C@H]2Cn3c(cccc3=O)[C@@H]1N2C(=O)C1CCC1. The Labute approximate surface area is 145 Å². The molecule has 0 spiro atoms. The van der Waals surface area contributed by atoms with E-state index >= 15 is 0 Å². The molecule has 1 aliphatic carbocycles. The molecule has 1 aromatic heterocycles. The first kappa shape index (κ1) is 16.3. The van der Waals surface area contributed by atoms with Crippen molar-refractivity contribution >= 4 is 11.9 Å². The molecule has 3 heterocycles. The fourth-order valence-electron chi connectivity index (χ4n) is 4.63. The zero-order valence-electron chi connectivity index (χ0n) is 14.1. The molecular formula is C18H22N2O5. The number of rotatable bonds is 3. The number of pyridine rings is 1. The maximum atomic E-state index is 13.1. The van der Waals surface area contributed by atoms with Crippen molar-refractivity contribution in [3.8, 4) is 0 Å². The first-order chi connectivity index (χ1) is 12.1. The maximum absolute atomic E-state index is 13.1. The van der Waals surface area contributed by atoms with Gasteiger partial charge in [-0.15, -0.1) is 0 Å². The van der Waals surface area contributed by atoms with Crippen LogP contribution in [0.4, 0.5) is 0 Å². The number of aromatic nitrogens is 1. The van der Waals surface area contributed by atoms with Crippen molar-refractivity contribution in [3.63, 3.8) is 0 Å². The minimum atomic E-state index is -0.653. The van der Waals surface area contributed by atoms with Gasteiger partial charge in [0, 0.05) is 36.7 Å². The highest BCUT2D eigenvalue weighted by atomic mass is 16.5. The highest BCUT2D eigenvalue weighted by molar-refractivity contribution is 5.83. The van der Waals surface area contributed by atoms with Crippen LogP contribution in [0.2, 0.25) is 0 Å². The van der Waals surface area contributed by atoms with Gasteiger partial charge in [0.2, 0.25) is 5.91 Å². The Morgan fingerprint density at radius 3 is 2.68 bits per heavy atom. The van der Waals surface area contributed by atoms with Gasteiger partial charge in [0.1, 0.15) is 0 Å². The number of fused-ring (bicyclic) bond motifs is 4. The van der Waals surface area contributed by atoms with Gasteiger partial charge in [-0.1, -0.05) is 12.5 Å². The number of aliphatic hydroxyl groups excluding tert-OH is 1. The number of ether oxygens (including phenoxy) is 1. The smallest absolute Gasteiger partial charge is 0.311 e. The highest BCUT2D eigenvalue weighted by Gasteiger charge is 2.58. The van der Waals surface area contributed by atoms with Crippen molar-refractivity contribution in [1.29, 1.82) is 0 Å². The van der Waals surface area contributed by atoms with E-state index in [1.165, 1.54) is 13.2 Å². The summed E-state index contributed by atoms with van der Waals surface area (Å²) in [4.78, 5) is 39.6. The number of esters is 1. The van der Waals surface area contributed by atoms with Crippen molar-refractivity contribution in [2.24, 2.45) is 17.8 Å². The third-order valence-electron chi connectivity index (χ3n) is 6.10. The van der Waals surface area contributed by atoms with Crippen LogP contribution in [0.15, 0.2) is 23.0 Å². The van der Waals surface area contributed by atoms with Gasteiger partial charge < -0.3 is 19.3 Å². The van der Waals surface area contributed by atoms with Gasteiger partial charge in [0.25, 0.3) is 5.56 Å². The minimum Gasteiger partial charge on any atom is -0.469 e. The molecular weight excluding hydrogens is 324 g/mol. The number of hydrogen-bond acceptors (Lipinski definition) is 5. The van der Waals surface area contributed by atoms with Crippen molar-refractivity contribution < 1.29 is 19.4 Å². The monoisotopic (exact) mass is 346 g/mol. The molecule has 2 bridgehead atoms. The minimum absolute atomic E-state index is 0.0114. The molecule has 134 valence electrons. The molecule has 4 rings (SSSR count). The van der Waals surface area contributed by atoms with Crippen molar-refractivity contribution in [1.82, 2.24) is 9.47 Å². The van der Waals surface area contributed by atoms with Crippen LogP contribution in [0.3, 0.4) is 0 Å². The summed E-state index contributed by atoms with van der Waals surface area (Å²) in [6, 6.07) is 4.01. The first-order valence-corrected chi connectivity index (χ1v) is 8.79. The second kappa shape index (κ2) is 5.98. The molecule has 0 radical (unpaired) electrons. The Bertz CT molecular complexity index is 769. The van der Waals surface area contributed by atoms with Crippen LogP contribution < -0.4 is 5.56 Å². The predicted octanol–water partition coefficient (Wildman–Crippen LogP) is 0.312. The van der Waals surface area contributed by atoms with Crippen LogP contribution in [-0.4, -0.2) is 46.2 Å². The summed E-state index contributed by atoms with van der Waals surface area (Å²) in [6.45, 7) is 0.0841. The quantitative estimate of drug-likeness (QED) is 0.796. The Balaban J connectivity index is 1.85. The van der Waals surface area contributed by atoms with Crippen LogP contribution >= 0.6 is 0 Å². The zero-order chi connectivity index (χ0) is 17.7. The molecule has 0 aromatic carbocycles. The van der Waals surface area contributed by atoms with Gasteiger partial charge >= 0.3 is 5.97 Å². The molecule has 7 heteroatoms. The summed E-state index contributed by atoms with van der Waals surface area (Å²) in [7, 11) is 1.31. The largest absolute Gasteiger partial charge is 0.469 e. The molecule has 25 heavy (non-hydrogen) atoms. The van der Waals surface area contributed by atoms with E-state index in [4.69, 9.17) is 4.74 Å².